The second kappa shape index (κ2) is 14.4. The zero-order valence-corrected chi connectivity index (χ0v) is 28.6. The number of piperidine rings is 1. The van der Waals surface area contributed by atoms with Crippen LogP contribution >= 0.6 is 22.9 Å². The van der Waals surface area contributed by atoms with Crippen LogP contribution in [0.1, 0.15) is 78.0 Å². The normalized spacial score (nSPS) is 21.8. The predicted octanol–water partition coefficient (Wildman–Crippen LogP) is 8.12. The van der Waals surface area contributed by atoms with Crippen molar-refractivity contribution in [1.82, 2.24) is 14.8 Å². The minimum absolute atomic E-state index is 0.0340. The van der Waals surface area contributed by atoms with Gasteiger partial charge in [-0.1, -0.05) is 37.9 Å². The number of carboxylic acid groups (broad SMARTS) is 1. The van der Waals surface area contributed by atoms with Crippen LogP contribution < -0.4 is 4.74 Å². The van der Waals surface area contributed by atoms with Crippen molar-refractivity contribution in [3.8, 4) is 5.75 Å². The zero-order chi connectivity index (χ0) is 36.6. The van der Waals surface area contributed by atoms with E-state index in [1.807, 2.05) is 0 Å². The first-order valence-corrected chi connectivity index (χ1v) is 17.2. The quantitative estimate of drug-likeness (QED) is 0.222. The van der Waals surface area contributed by atoms with Gasteiger partial charge in [-0.25, -0.2) is 0 Å². The van der Waals surface area contributed by atoms with E-state index in [4.69, 9.17) is 16.3 Å². The first kappa shape index (κ1) is 37.4. The first-order valence-electron chi connectivity index (χ1n) is 15.9. The summed E-state index contributed by atoms with van der Waals surface area (Å²) in [5.74, 6) is -3.84. The topological polar surface area (TPSA) is 100 Å². The van der Waals surface area contributed by atoms with E-state index >= 15 is 4.79 Å². The van der Waals surface area contributed by atoms with E-state index in [2.05, 4.69) is 4.98 Å². The Morgan fingerprint density at radius 3 is 2.48 bits per heavy atom. The van der Waals surface area contributed by atoms with Gasteiger partial charge in [0.15, 0.2) is 0 Å². The molecule has 3 aromatic rings. The van der Waals surface area contributed by atoms with Gasteiger partial charge in [0.1, 0.15) is 16.3 Å². The molecule has 1 unspecified atom stereocenters. The van der Waals surface area contributed by atoms with Crippen molar-refractivity contribution in [1.29, 1.82) is 0 Å². The fourth-order valence-corrected chi connectivity index (χ4v) is 7.91. The number of rotatable bonds is 9. The van der Waals surface area contributed by atoms with Crippen LogP contribution in [-0.4, -0.2) is 61.9 Å². The fraction of sp³-hybridized carbons (Fsp3) is 0.471. The number of nitrogens with zero attached hydrogens (tertiary/aromatic N) is 3. The molecule has 0 saturated carbocycles. The van der Waals surface area contributed by atoms with Gasteiger partial charge in [-0.05, 0) is 60.6 Å². The Hall–Kier alpha value is -3.85. The highest BCUT2D eigenvalue weighted by Crippen LogP contribution is 2.44. The molecule has 8 nitrogen and oxygen atoms in total. The molecule has 2 aliphatic rings. The Balaban J connectivity index is 1.66. The van der Waals surface area contributed by atoms with Crippen LogP contribution in [0, 0.1) is 5.92 Å². The van der Waals surface area contributed by atoms with E-state index in [0.29, 0.717) is 28.3 Å². The van der Waals surface area contributed by atoms with Gasteiger partial charge >= 0.3 is 18.3 Å². The molecule has 1 fully saturated rings. The van der Waals surface area contributed by atoms with E-state index in [0.717, 1.165) is 40.2 Å². The molecule has 270 valence electrons. The predicted molar refractivity (Wildman–Crippen MR) is 172 cm³/mol. The second-order valence-electron chi connectivity index (χ2n) is 12.6. The van der Waals surface area contributed by atoms with Gasteiger partial charge in [-0.3, -0.25) is 19.4 Å². The number of aromatic nitrogens is 1. The first-order chi connectivity index (χ1) is 23.5. The van der Waals surface area contributed by atoms with Crippen molar-refractivity contribution in [3.05, 3.63) is 80.3 Å². The highest BCUT2D eigenvalue weighted by atomic mass is 35.5. The Bertz CT molecular complexity index is 1750. The number of benzene rings is 1. The molecule has 1 saturated heterocycles. The lowest BCUT2D eigenvalue weighted by molar-refractivity contribution is -0.165. The molecule has 2 aliphatic heterocycles. The molecular formula is C34H34ClF6N3O5S. The van der Waals surface area contributed by atoms with Crippen molar-refractivity contribution in [2.24, 2.45) is 5.92 Å². The van der Waals surface area contributed by atoms with E-state index in [1.165, 1.54) is 4.90 Å². The van der Waals surface area contributed by atoms with Crippen LogP contribution in [0.4, 0.5) is 26.3 Å². The molecular weight excluding hydrogens is 712 g/mol. The number of thiophene rings is 1. The van der Waals surface area contributed by atoms with Crippen LogP contribution in [0.3, 0.4) is 0 Å². The summed E-state index contributed by atoms with van der Waals surface area (Å²) in [5.41, 5.74) is -2.73. The molecule has 2 amide bonds. The molecule has 4 heterocycles. The highest BCUT2D eigenvalue weighted by Gasteiger charge is 2.57. The maximum atomic E-state index is 15.3. The molecule has 4 atom stereocenters. The number of halogens is 7. The minimum Gasteiger partial charge on any atom is -0.481 e. The summed E-state index contributed by atoms with van der Waals surface area (Å²) in [4.78, 5) is 46.5. The van der Waals surface area contributed by atoms with Crippen LogP contribution in [0.15, 0.2) is 48.0 Å². The standard InChI is InChI=1S/C34H34ClF6N3O5S/c1-3-6-26-32(49-23-16-27(50-18-23)34(39,40)41,10-5-12-43(26)30(47)29-24(33(36,37)38)7-4-11-42-29)31(48)44-17-20-8-9-22(35)14-21(20)15-25(44)19(2)13-28(45)46/h4,7-9,11,14,16,18-19,25-26H,3,5-6,10,12-13,15,17H2,1-2H3,(H,45,46)/t19?,25-,26-,32+/m1/s1. The molecule has 50 heavy (non-hydrogen) atoms. The summed E-state index contributed by atoms with van der Waals surface area (Å²) in [7, 11) is 0. The lowest BCUT2D eigenvalue weighted by atomic mass is 9.77. The number of likely N-dealkylation sites (tertiary alicyclic amines) is 1. The average molecular weight is 746 g/mol. The van der Waals surface area contributed by atoms with Gasteiger partial charge in [0, 0.05) is 54.6 Å². The smallest absolute Gasteiger partial charge is 0.425 e. The fourth-order valence-electron chi connectivity index (χ4n) is 7.04. The van der Waals surface area contributed by atoms with Gasteiger partial charge in [0.25, 0.3) is 11.8 Å². The summed E-state index contributed by atoms with van der Waals surface area (Å²) < 4.78 is 89.6. The Labute approximate surface area is 293 Å². The van der Waals surface area contributed by atoms with Gasteiger partial charge in [0.2, 0.25) is 5.60 Å². The van der Waals surface area contributed by atoms with Crippen molar-refractivity contribution < 1.29 is 50.6 Å². The number of ether oxygens (including phenoxy) is 1. The number of carbonyl (C=O) groups excluding carboxylic acids is 2. The number of carboxylic acids is 1. The average Bonchev–Trinajstić information content (AvgIpc) is 3.53. The largest absolute Gasteiger partial charge is 0.481 e. The van der Waals surface area contributed by atoms with Crippen molar-refractivity contribution >= 4 is 40.7 Å². The Kier molecular flexibility index (Phi) is 10.8. The highest BCUT2D eigenvalue weighted by molar-refractivity contribution is 7.10. The number of pyridine rings is 1. The van der Waals surface area contributed by atoms with E-state index < -0.39 is 69.9 Å². The molecule has 1 aromatic carbocycles. The molecule has 5 rings (SSSR count). The summed E-state index contributed by atoms with van der Waals surface area (Å²) in [6.45, 7) is 3.29. The van der Waals surface area contributed by atoms with Gasteiger partial charge < -0.3 is 19.6 Å². The minimum atomic E-state index is -4.93. The number of amides is 2. The number of aliphatic carboxylic acids is 1. The molecule has 2 aromatic heterocycles. The lowest BCUT2D eigenvalue weighted by Crippen LogP contribution is -2.69. The summed E-state index contributed by atoms with van der Waals surface area (Å²) in [6.07, 6.45) is -8.40. The van der Waals surface area contributed by atoms with Crippen LogP contribution in [0.2, 0.25) is 5.02 Å². The van der Waals surface area contributed by atoms with Crippen molar-refractivity contribution in [2.75, 3.05) is 6.54 Å². The van der Waals surface area contributed by atoms with Gasteiger partial charge in [-0.15, -0.1) is 11.3 Å². The van der Waals surface area contributed by atoms with Crippen LogP contribution in [0.5, 0.6) is 5.75 Å². The maximum Gasteiger partial charge on any atom is 0.425 e. The molecule has 1 N–H and O–H groups in total. The third kappa shape index (κ3) is 7.58. The number of fused-ring (bicyclic) bond motifs is 1. The summed E-state index contributed by atoms with van der Waals surface area (Å²) >= 11 is 6.61. The molecule has 0 bridgehead atoms. The van der Waals surface area contributed by atoms with Crippen LogP contribution in [-0.2, 0) is 34.9 Å². The van der Waals surface area contributed by atoms with Crippen molar-refractivity contribution in [2.45, 2.75) is 89.0 Å². The van der Waals surface area contributed by atoms with E-state index in [9.17, 15) is 41.0 Å². The Morgan fingerprint density at radius 1 is 1.10 bits per heavy atom. The molecule has 0 radical (unpaired) electrons. The van der Waals surface area contributed by atoms with Crippen molar-refractivity contribution in [3.63, 3.8) is 0 Å². The van der Waals surface area contributed by atoms with Gasteiger partial charge in [-0.2, -0.15) is 26.3 Å². The number of hydrogen-bond donors (Lipinski definition) is 1. The number of alkyl halides is 6. The number of carbonyl (C=O) groups is 3. The monoisotopic (exact) mass is 745 g/mol. The van der Waals surface area contributed by atoms with Gasteiger partial charge in [0.05, 0.1) is 11.6 Å². The molecule has 0 spiro atoms. The molecule has 16 heteroatoms. The molecule has 0 aliphatic carbocycles. The third-order valence-electron chi connectivity index (χ3n) is 9.27. The lowest BCUT2D eigenvalue weighted by Gasteiger charge is -2.52. The zero-order valence-electron chi connectivity index (χ0n) is 27.0. The summed E-state index contributed by atoms with van der Waals surface area (Å²) in [5, 5.41) is 11.2. The van der Waals surface area contributed by atoms with E-state index in [-0.39, 0.29) is 50.9 Å². The van der Waals surface area contributed by atoms with E-state index in [1.54, 1.807) is 32.0 Å². The van der Waals surface area contributed by atoms with Crippen LogP contribution in [0.25, 0.3) is 0 Å². The SMILES string of the molecule is CCC[C@H]1N(C(=O)c2ncccc2C(F)(F)F)CCC[C@@]1(Oc1csc(C(F)(F)F)c1)C(=O)N1Cc2ccc(Cl)cc2C[C@@H]1C(C)CC(=O)O. The number of hydrogen-bond acceptors (Lipinski definition) is 6. The maximum absolute atomic E-state index is 15.3. The summed E-state index contributed by atoms with van der Waals surface area (Å²) in [6, 6.07) is 5.63. The third-order valence-corrected chi connectivity index (χ3v) is 10.5. The second-order valence-corrected chi connectivity index (χ2v) is 14.0. The Morgan fingerprint density at radius 2 is 1.84 bits per heavy atom.